The van der Waals surface area contributed by atoms with Crippen LogP contribution in [0.4, 0.5) is 5.69 Å². The summed E-state index contributed by atoms with van der Waals surface area (Å²) in [5.74, 6) is 0.0547. The molecule has 0 unspecified atom stereocenters. The van der Waals surface area contributed by atoms with Crippen LogP contribution >= 0.6 is 11.6 Å². The monoisotopic (exact) mass is 449 g/mol. The van der Waals surface area contributed by atoms with Crippen LogP contribution in [0.25, 0.3) is 0 Å². The molecule has 158 valence electrons. The molecule has 1 saturated heterocycles. The van der Waals surface area contributed by atoms with E-state index in [-0.39, 0.29) is 42.8 Å². The summed E-state index contributed by atoms with van der Waals surface area (Å²) >= 11 is 5.87. The molecule has 2 heterocycles. The topological polar surface area (TPSA) is 96.0 Å². The van der Waals surface area contributed by atoms with E-state index in [2.05, 4.69) is 5.32 Å². The Balaban J connectivity index is 1.40. The minimum atomic E-state index is -3.75. The summed E-state index contributed by atoms with van der Waals surface area (Å²) in [6.45, 7) is 0.946. The Morgan fingerprint density at radius 3 is 2.47 bits per heavy atom. The molecule has 1 N–H and O–H groups in total. The van der Waals surface area contributed by atoms with Crippen molar-refractivity contribution in [3.05, 3.63) is 53.1 Å². The number of amides is 2. The number of hydrogen-bond donors (Lipinski definition) is 1. The number of halogens is 1. The second kappa shape index (κ2) is 8.25. The second-order valence-electron chi connectivity index (χ2n) is 7.08. The van der Waals surface area contributed by atoms with Gasteiger partial charge in [0.15, 0.2) is 6.61 Å². The third kappa shape index (κ3) is 4.28. The van der Waals surface area contributed by atoms with Gasteiger partial charge in [-0.2, -0.15) is 4.31 Å². The van der Waals surface area contributed by atoms with E-state index in [9.17, 15) is 18.0 Å². The maximum Gasteiger partial charge on any atom is 0.262 e. The quantitative estimate of drug-likeness (QED) is 0.767. The summed E-state index contributed by atoms with van der Waals surface area (Å²) in [4.78, 5) is 25.8. The number of nitrogens with one attached hydrogen (secondary N) is 1. The van der Waals surface area contributed by atoms with Gasteiger partial charge in [0.05, 0.1) is 17.0 Å². The van der Waals surface area contributed by atoms with Crippen molar-refractivity contribution in [2.24, 2.45) is 0 Å². The van der Waals surface area contributed by atoms with Crippen LogP contribution in [-0.2, 0) is 26.0 Å². The molecule has 0 atom stereocenters. The molecular weight excluding hydrogens is 430 g/mol. The van der Waals surface area contributed by atoms with E-state index in [1.54, 1.807) is 29.2 Å². The normalized spacial score (nSPS) is 17.1. The Labute approximate surface area is 179 Å². The van der Waals surface area contributed by atoms with Crippen molar-refractivity contribution in [3.63, 3.8) is 0 Å². The molecule has 0 bridgehead atoms. The number of benzene rings is 2. The number of sulfonamides is 1. The third-order valence-corrected chi connectivity index (χ3v) is 7.23. The van der Waals surface area contributed by atoms with Crippen LogP contribution in [0.1, 0.15) is 5.56 Å². The standard InChI is InChI=1S/C20H20ClN3O5S/c21-15-3-1-14(2-4-15)11-20(26)23-7-9-24(10-8-23)30(27,28)16-5-6-18-17(12-16)22-19(25)13-29-18/h1-6,12H,7-11,13H2,(H,22,25). The van der Waals surface area contributed by atoms with Crippen molar-refractivity contribution in [3.8, 4) is 5.75 Å². The zero-order valence-electron chi connectivity index (χ0n) is 16.0. The maximum atomic E-state index is 13.0. The van der Waals surface area contributed by atoms with Crippen molar-refractivity contribution in [2.75, 3.05) is 38.1 Å². The lowest BCUT2D eigenvalue weighted by Crippen LogP contribution is -2.50. The molecule has 2 amide bonds. The van der Waals surface area contributed by atoms with Gasteiger partial charge in [-0.15, -0.1) is 0 Å². The number of hydrogen-bond acceptors (Lipinski definition) is 5. The predicted molar refractivity (Wildman–Crippen MR) is 111 cm³/mol. The van der Waals surface area contributed by atoms with Crippen molar-refractivity contribution in [1.82, 2.24) is 9.21 Å². The molecule has 2 aliphatic heterocycles. The molecule has 30 heavy (non-hydrogen) atoms. The number of carbonyl (C=O) groups excluding carboxylic acids is 2. The van der Waals surface area contributed by atoms with E-state index in [1.807, 2.05) is 0 Å². The largest absolute Gasteiger partial charge is 0.482 e. The van der Waals surface area contributed by atoms with E-state index in [0.717, 1.165) is 5.56 Å². The van der Waals surface area contributed by atoms with Crippen LogP contribution in [0.3, 0.4) is 0 Å². The molecule has 0 aliphatic carbocycles. The lowest BCUT2D eigenvalue weighted by atomic mass is 10.1. The number of ether oxygens (including phenoxy) is 1. The van der Waals surface area contributed by atoms with Crippen molar-refractivity contribution in [1.29, 1.82) is 0 Å². The average Bonchev–Trinajstić information content (AvgIpc) is 2.75. The van der Waals surface area contributed by atoms with Gasteiger partial charge < -0.3 is 15.0 Å². The van der Waals surface area contributed by atoms with Crippen LogP contribution in [0.5, 0.6) is 5.75 Å². The van der Waals surface area contributed by atoms with Crippen LogP contribution in [0, 0.1) is 0 Å². The summed E-state index contributed by atoms with van der Waals surface area (Å²) in [5, 5.41) is 3.23. The second-order valence-corrected chi connectivity index (χ2v) is 9.46. The van der Waals surface area contributed by atoms with Gasteiger partial charge in [-0.05, 0) is 35.9 Å². The fraction of sp³-hybridized carbons (Fsp3) is 0.300. The molecule has 10 heteroatoms. The molecule has 2 aromatic rings. The highest BCUT2D eigenvalue weighted by Crippen LogP contribution is 2.31. The number of piperazine rings is 1. The molecule has 2 aliphatic rings. The van der Waals surface area contributed by atoms with Gasteiger partial charge in [0.1, 0.15) is 5.75 Å². The van der Waals surface area contributed by atoms with E-state index in [4.69, 9.17) is 16.3 Å². The first kappa shape index (κ1) is 20.6. The Kier molecular flexibility index (Phi) is 5.68. The van der Waals surface area contributed by atoms with Crippen molar-refractivity contribution >= 4 is 39.1 Å². The van der Waals surface area contributed by atoms with E-state index in [1.165, 1.54) is 22.5 Å². The van der Waals surface area contributed by atoms with Crippen LogP contribution in [0.2, 0.25) is 5.02 Å². The van der Waals surface area contributed by atoms with Gasteiger partial charge >= 0.3 is 0 Å². The Hall–Kier alpha value is -2.62. The van der Waals surface area contributed by atoms with Crippen LogP contribution < -0.4 is 10.1 Å². The van der Waals surface area contributed by atoms with Crippen molar-refractivity contribution in [2.45, 2.75) is 11.3 Å². The van der Waals surface area contributed by atoms with E-state index in [0.29, 0.717) is 29.5 Å². The third-order valence-electron chi connectivity index (χ3n) is 5.08. The highest BCUT2D eigenvalue weighted by Gasteiger charge is 2.31. The van der Waals surface area contributed by atoms with Gasteiger partial charge in [0.2, 0.25) is 15.9 Å². The summed E-state index contributed by atoms with van der Waals surface area (Å²) in [7, 11) is -3.75. The van der Waals surface area contributed by atoms with E-state index >= 15 is 0 Å². The molecule has 2 aromatic carbocycles. The first-order chi connectivity index (χ1) is 14.3. The SMILES string of the molecule is O=C1COc2ccc(S(=O)(=O)N3CCN(C(=O)Cc4ccc(Cl)cc4)CC3)cc2N1. The van der Waals surface area contributed by atoms with Gasteiger partial charge in [-0.25, -0.2) is 8.42 Å². The number of carbonyl (C=O) groups is 2. The highest BCUT2D eigenvalue weighted by molar-refractivity contribution is 7.89. The van der Waals surface area contributed by atoms with Crippen molar-refractivity contribution < 1.29 is 22.7 Å². The fourth-order valence-corrected chi connectivity index (χ4v) is 5.01. The van der Waals surface area contributed by atoms with Gasteiger partial charge in [-0.3, -0.25) is 9.59 Å². The Morgan fingerprint density at radius 2 is 1.77 bits per heavy atom. The molecule has 0 spiro atoms. The number of nitrogens with zero attached hydrogens (tertiary/aromatic N) is 2. The number of fused-ring (bicyclic) bond motifs is 1. The zero-order chi connectivity index (χ0) is 21.3. The van der Waals surface area contributed by atoms with Crippen LogP contribution in [0.15, 0.2) is 47.4 Å². The summed E-state index contributed by atoms with van der Waals surface area (Å²) in [5.41, 5.74) is 1.20. The summed E-state index contributed by atoms with van der Waals surface area (Å²) in [6.07, 6.45) is 0.244. The number of anilines is 1. The molecule has 8 nitrogen and oxygen atoms in total. The van der Waals surface area contributed by atoms with Gasteiger partial charge in [0.25, 0.3) is 5.91 Å². The van der Waals surface area contributed by atoms with Gasteiger partial charge in [0, 0.05) is 31.2 Å². The average molecular weight is 450 g/mol. The maximum absolute atomic E-state index is 13.0. The predicted octanol–water partition coefficient (Wildman–Crippen LogP) is 1.75. The molecule has 0 saturated carbocycles. The lowest BCUT2D eigenvalue weighted by Gasteiger charge is -2.34. The first-order valence-electron chi connectivity index (χ1n) is 9.42. The zero-order valence-corrected chi connectivity index (χ0v) is 17.6. The fourth-order valence-electron chi connectivity index (χ4n) is 3.44. The molecule has 4 rings (SSSR count). The summed E-state index contributed by atoms with van der Waals surface area (Å²) < 4.78 is 32.6. The lowest BCUT2D eigenvalue weighted by molar-refractivity contribution is -0.131. The molecular formula is C20H20ClN3O5S. The highest BCUT2D eigenvalue weighted by atomic mass is 35.5. The van der Waals surface area contributed by atoms with E-state index < -0.39 is 10.0 Å². The van der Waals surface area contributed by atoms with Crippen LogP contribution in [-0.4, -0.2) is 62.2 Å². The minimum absolute atomic E-state index is 0.0528. The first-order valence-corrected chi connectivity index (χ1v) is 11.2. The smallest absolute Gasteiger partial charge is 0.262 e. The Morgan fingerprint density at radius 1 is 1.07 bits per heavy atom. The van der Waals surface area contributed by atoms with Gasteiger partial charge in [-0.1, -0.05) is 23.7 Å². The summed E-state index contributed by atoms with van der Waals surface area (Å²) in [6, 6.07) is 11.5. The Bertz CT molecular complexity index is 1080. The number of rotatable bonds is 4. The minimum Gasteiger partial charge on any atom is -0.482 e. The molecule has 1 fully saturated rings. The molecule has 0 aromatic heterocycles. The molecule has 0 radical (unpaired) electrons.